The maximum absolute atomic E-state index is 11.6. The lowest BCUT2D eigenvalue weighted by molar-refractivity contribution is -0.143. The summed E-state index contributed by atoms with van der Waals surface area (Å²) < 4.78 is 10.2. The predicted molar refractivity (Wildman–Crippen MR) is 90.1 cm³/mol. The minimum Gasteiger partial charge on any atom is -0.482 e. The molecular weight excluding hydrogens is 341 g/mol. The smallest absolute Gasteiger partial charge is 0.305 e. The van der Waals surface area contributed by atoms with Crippen LogP contribution in [0, 0.1) is 0 Å². The Morgan fingerprint density at radius 3 is 2.65 bits per heavy atom. The first-order valence-corrected chi connectivity index (χ1v) is 8.28. The van der Waals surface area contributed by atoms with Crippen LogP contribution in [0.1, 0.15) is 32.6 Å². The summed E-state index contributed by atoms with van der Waals surface area (Å²) in [6.07, 6.45) is 2.82. The molecule has 0 unspecified atom stereocenters. The van der Waals surface area contributed by atoms with Gasteiger partial charge < -0.3 is 14.8 Å². The maximum atomic E-state index is 11.6. The van der Waals surface area contributed by atoms with Crippen LogP contribution in [0.4, 0.5) is 0 Å². The van der Waals surface area contributed by atoms with Gasteiger partial charge in [0, 0.05) is 18.0 Å². The number of carbonyl (C=O) groups is 2. The van der Waals surface area contributed by atoms with Crippen LogP contribution in [-0.4, -0.2) is 31.6 Å². The van der Waals surface area contributed by atoms with Gasteiger partial charge in [-0.2, -0.15) is 0 Å². The Bertz CT molecular complexity index is 523. The van der Waals surface area contributed by atoms with Crippen molar-refractivity contribution in [1.82, 2.24) is 5.32 Å². The van der Waals surface area contributed by atoms with E-state index in [1.165, 1.54) is 0 Å². The molecule has 0 aliphatic heterocycles. The van der Waals surface area contributed by atoms with E-state index in [0.717, 1.165) is 19.3 Å². The molecule has 0 atom stereocenters. The third kappa shape index (κ3) is 8.67. The molecule has 0 heterocycles. The van der Waals surface area contributed by atoms with Crippen molar-refractivity contribution in [1.29, 1.82) is 0 Å². The van der Waals surface area contributed by atoms with Crippen molar-refractivity contribution in [3.8, 4) is 5.75 Å². The third-order valence-corrected chi connectivity index (χ3v) is 3.47. The van der Waals surface area contributed by atoms with Crippen LogP contribution < -0.4 is 10.1 Å². The molecule has 0 aliphatic carbocycles. The van der Waals surface area contributed by atoms with Crippen LogP contribution in [-0.2, 0) is 14.3 Å². The molecule has 1 aromatic rings. The molecule has 0 fully saturated rings. The zero-order chi connectivity index (χ0) is 17.1. The predicted octanol–water partition coefficient (Wildman–Crippen LogP) is 3.61. The van der Waals surface area contributed by atoms with Crippen LogP contribution in [0.2, 0.25) is 10.0 Å². The lowest BCUT2D eigenvalue weighted by atomic mass is 10.2. The molecule has 128 valence electrons. The number of hydrogen-bond donors (Lipinski definition) is 1. The van der Waals surface area contributed by atoms with Gasteiger partial charge in [0.15, 0.2) is 6.61 Å². The highest BCUT2D eigenvalue weighted by molar-refractivity contribution is 6.35. The SMILES string of the molecule is CCOC(=O)CCCCCNC(=O)COc1ccc(Cl)cc1Cl. The van der Waals surface area contributed by atoms with E-state index in [1.54, 1.807) is 25.1 Å². The Labute approximate surface area is 146 Å². The van der Waals surface area contributed by atoms with Gasteiger partial charge in [0.05, 0.1) is 11.6 Å². The van der Waals surface area contributed by atoms with Crippen LogP contribution in [0.3, 0.4) is 0 Å². The van der Waals surface area contributed by atoms with E-state index in [1.807, 2.05) is 0 Å². The number of esters is 1. The first-order chi connectivity index (χ1) is 11.0. The Kier molecular flexibility index (Phi) is 9.48. The molecule has 0 saturated carbocycles. The van der Waals surface area contributed by atoms with E-state index in [2.05, 4.69) is 5.32 Å². The van der Waals surface area contributed by atoms with Crippen molar-refractivity contribution in [2.75, 3.05) is 19.8 Å². The highest BCUT2D eigenvalue weighted by Crippen LogP contribution is 2.27. The van der Waals surface area contributed by atoms with E-state index in [4.69, 9.17) is 32.7 Å². The molecule has 0 saturated heterocycles. The normalized spacial score (nSPS) is 10.2. The Morgan fingerprint density at radius 2 is 1.96 bits per heavy atom. The number of rotatable bonds is 10. The van der Waals surface area contributed by atoms with E-state index in [0.29, 0.717) is 35.4 Å². The van der Waals surface area contributed by atoms with E-state index in [9.17, 15) is 9.59 Å². The summed E-state index contributed by atoms with van der Waals surface area (Å²) in [5, 5.41) is 3.62. The average Bonchev–Trinajstić information content (AvgIpc) is 2.50. The van der Waals surface area contributed by atoms with Gasteiger partial charge in [-0.3, -0.25) is 9.59 Å². The van der Waals surface area contributed by atoms with Gasteiger partial charge in [0.25, 0.3) is 5.91 Å². The van der Waals surface area contributed by atoms with Crippen LogP contribution >= 0.6 is 23.2 Å². The fourth-order valence-electron chi connectivity index (χ4n) is 1.82. The van der Waals surface area contributed by atoms with Crippen LogP contribution in [0.15, 0.2) is 18.2 Å². The van der Waals surface area contributed by atoms with Gasteiger partial charge in [-0.15, -0.1) is 0 Å². The number of carbonyl (C=O) groups excluding carboxylic acids is 2. The zero-order valence-electron chi connectivity index (χ0n) is 13.1. The van der Waals surface area contributed by atoms with E-state index in [-0.39, 0.29) is 18.5 Å². The Hall–Kier alpha value is -1.46. The Balaban J connectivity index is 2.09. The number of unbranched alkanes of at least 4 members (excludes halogenated alkanes) is 2. The summed E-state index contributed by atoms with van der Waals surface area (Å²) in [6.45, 7) is 2.63. The van der Waals surface area contributed by atoms with Crippen LogP contribution in [0.5, 0.6) is 5.75 Å². The second kappa shape index (κ2) is 11.1. The number of amides is 1. The molecule has 23 heavy (non-hydrogen) atoms. The molecule has 1 N–H and O–H groups in total. The maximum Gasteiger partial charge on any atom is 0.305 e. The highest BCUT2D eigenvalue weighted by Gasteiger charge is 2.06. The molecule has 1 aromatic carbocycles. The van der Waals surface area contributed by atoms with Gasteiger partial charge >= 0.3 is 5.97 Å². The second-order valence-electron chi connectivity index (χ2n) is 4.83. The monoisotopic (exact) mass is 361 g/mol. The standard InChI is InChI=1S/C16H21Cl2NO4/c1-2-22-16(21)6-4-3-5-9-19-15(20)11-23-14-8-7-12(17)10-13(14)18/h7-8,10H,2-6,9,11H2,1H3,(H,19,20). The highest BCUT2D eigenvalue weighted by atomic mass is 35.5. The van der Waals surface area contributed by atoms with Gasteiger partial charge in [0.1, 0.15) is 5.75 Å². The van der Waals surface area contributed by atoms with Crippen molar-refractivity contribution in [2.45, 2.75) is 32.6 Å². The molecular formula is C16H21Cl2NO4. The first-order valence-electron chi connectivity index (χ1n) is 7.53. The molecule has 1 rings (SSSR count). The quantitative estimate of drug-likeness (QED) is 0.510. The summed E-state index contributed by atoms with van der Waals surface area (Å²) in [5.41, 5.74) is 0. The zero-order valence-corrected chi connectivity index (χ0v) is 14.6. The molecule has 1 amide bonds. The number of ether oxygens (including phenoxy) is 2. The molecule has 5 nitrogen and oxygen atoms in total. The van der Waals surface area contributed by atoms with Crippen molar-refractivity contribution in [2.24, 2.45) is 0 Å². The number of halogens is 2. The lowest BCUT2D eigenvalue weighted by Crippen LogP contribution is -2.29. The molecule has 0 aliphatic rings. The number of nitrogens with one attached hydrogen (secondary N) is 1. The fourth-order valence-corrected chi connectivity index (χ4v) is 2.28. The summed E-state index contributed by atoms with van der Waals surface area (Å²) in [6, 6.07) is 4.82. The Morgan fingerprint density at radius 1 is 1.17 bits per heavy atom. The van der Waals surface area contributed by atoms with E-state index < -0.39 is 0 Å². The van der Waals surface area contributed by atoms with Gasteiger partial charge in [0.2, 0.25) is 0 Å². The molecule has 0 aromatic heterocycles. The van der Waals surface area contributed by atoms with Crippen molar-refractivity contribution >= 4 is 35.1 Å². The summed E-state index contributed by atoms with van der Waals surface area (Å²) >= 11 is 11.7. The van der Waals surface area contributed by atoms with Crippen molar-refractivity contribution in [3.05, 3.63) is 28.2 Å². The fraction of sp³-hybridized carbons (Fsp3) is 0.500. The number of benzene rings is 1. The topological polar surface area (TPSA) is 64.6 Å². The van der Waals surface area contributed by atoms with Gasteiger partial charge in [-0.1, -0.05) is 29.6 Å². The van der Waals surface area contributed by atoms with E-state index >= 15 is 0 Å². The summed E-state index contributed by atoms with van der Waals surface area (Å²) in [7, 11) is 0. The first kappa shape index (κ1) is 19.6. The van der Waals surface area contributed by atoms with Crippen LogP contribution in [0.25, 0.3) is 0 Å². The van der Waals surface area contributed by atoms with Gasteiger partial charge in [-0.05, 0) is 38.0 Å². The minimum atomic E-state index is -0.221. The minimum absolute atomic E-state index is 0.107. The van der Waals surface area contributed by atoms with Crippen molar-refractivity contribution < 1.29 is 19.1 Å². The van der Waals surface area contributed by atoms with Crippen molar-refractivity contribution in [3.63, 3.8) is 0 Å². The largest absolute Gasteiger partial charge is 0.482 e. The summed E-state index contributed by atoms with van der Waals surface area (Å²) in [5.74, 6) is 0.0202. The van der Waals surface area contributed by atoms with Gasteiger partial charge in [-0.25, -0.2) is 0 Å². The third-order valence-electron chi connectivity index (χ3n) is 2.94. The second-order valence-corrected chi connectivity index (χ2v) is 5.67. The lowest BCUT2D eigenvalue weighted by Gasteiger charge is -2.09. The molecule has 0 bridgehead atoms. The molecule has 0 radical (unpaired) electrons. The molecule has 0 spiro atoms. The molecule has 7 heteroatoms. The number of hydrogen-bond acceptors (Lipinski definition) is 4. The average molecular weight is 362 g/mol. The summed E-state index contributed by atoms with van der Waals surface area (Å²) in [4.78, 5) is 22.8.